The number of rotatable bonds is 4. The van der Waals surface area contributed by atoms with Crippen molar-refractivity contribution < 1.29 is 18.7 Å². The van der Waals surface area contributed by atoms with Crippen LogP contribution in [0, 0.1) is 17.7 Å². The summed E-state index contributed by atoms with van der Waals surface area (Å²) in [5, 5.41) is 11.0. The first-order valence-corrected chi connectivity index (χ1v) is 10.6. The molecule has 1 aliphatic carbocycles. The number of hydrogen-bond acceptors (Lipinski definition) is 5. The number of carbonyl (C=O) groups is 2. The Kier molecular flexibility index (Phi) is 5.45. The zero-order valence-electron chi connectivity index (χ0n) is 18.2. The van der Waals surface area contributed by atoms with Gasteiger partial charge in [0.05, 0.1) is 29.7 Å². The van der Waals surface area contributed by atoms with E-state index in [9.17, 15) is 14.0 Å². The predicted octanol–water partition coefficient (Wildman–Crippen LogP) is 3.17. The van der Waals surface area contributed by atoms with Crippen molar-refractivity contribution in [3.63, 3.8) is 0 Å². The van der Waals surface area contributed by atoms with Crippen LogP contribution in [0.4, 0.5) is 9.18 Å². The van der Waals surface area contributed by atoms with Crippen molar-refractivity contribution in [2.24, 2.45) is 11.8 Å². The van der Waals surface area contributed by atoms with Crippen molar-refractivity contribution in [3.8, 4) is 5.69 Å². The van der Waals surface area contributed by atoms with Gasteiger partial charge < -0.3 is 15.0 Å². The minimum Gasteiger partial charge on any atom is -0.444 e. The van der Waals surface area contributed by atoms with E-state index in [0.717, 1.165) is 12.8 Å². The molecule has 2 atom stereocenters. The summed E-state index contributed by atoms with van der Waals surface area (Å²) in [7, 11) is 0. The quantitative estimate of drug-likeness (QED) is 0.806. The lowest BCUT2D eigenvalue weighted by Crippen LogP contribution is -2.65. The van der Waals surface area contributed by atoms with E-state index in [1.807, 2.05) is 4.90 Å². The van der Waals surface area contributed by atoms with Crippen LogP contribution in [0.3, 0.4) is 0 Å². The average Bonchev–Trinajstić information content (AvgIpc) is 3.18. The molecule has 8 nitrogen and oxygen atoms in total. The minimum absolute atomic E-state index is 0.0702. The van der Waals surface area contributed by atoms with E-state index in [0.29, 0.717) is 11.6 Å². The van der Waals surface area contributed by atoms with Gasteiger partial charge in [-0.2, -0.15) is 15.0 Å². The Morgan fingerprint density at radius 3 is 2.55 bits per heavy atom. The summed E-state index contributed by atoms with van der Waals surface area (Å²) < 4.78 is 19.5. The van der Waals surface area contributed by atoms with Gasteiger partial charge in [-0.25, -0.2) is 9.18 Å². The number of amides is 2. The number of piperidine rings is 2. The van der Waals surface area contributed by atoms with Crippen LogP contribution in [0.5, 0.6) is 0 Å². The normalized spacial score (nSPS) is 25.0. The molecule has 5 rings (SSSR count). The standard InChI is InChI=1S/C22H28FN5O3/c1-13-14-9-16(10-14)27(19(13)12-24-21(30)31-22(2,3)4)20(29)17-11-15(23)5-6-18(17)28-25-7-8-26-28/h5-8,11,13-14,16,19H,9-10,12H2,1-4H3,(H,24,30)/t13-,14?,16?,19?/m1/s1. The summed E-state index contributed by atoms with van der Waals surface area (Å²) in [5.74, 6) is -0.0695. The topological polar surface area (TPSA) is 89.4 Å². The number of aromatic nitrogens is 3. The molecule has 2 amide bonds. The van der Waals surface area contributed by atoms with Crippen LogP contribution >= 0.6 is 0 Å². The summed E-state index contributed by atoms with van der Waals surface area (Å²) in [4.78, 5) is 29.0. The van der Waals surface area contributed by atoms with Gasteiger partial charge in [0.1, 0.15) is 11.4 Å². The van der Waals surface area contributed by atoms with Crippen LogP contribution in [-0.2, 0) is 4.74 Å². The molecule has 166 valence electrons. The molecular weight excluding hydrogens is 401 g/mol. The average molecular weight is 429 g/mol. The highest BCUT2D eigenvalue weighted by Crippen LogP contribution is 2.47. The molecule has 1 saturated carbocycles. The van der Waals surface area contributed by atoms with Crippen molar-refractivity contribution >= 4 is 12.0 Å². The summed E-state index contributed by atoms with van der Waals surface area (Å²) in [6.07, 6.45) is 4.33. The van der Waals surface area contributed by atoms with Crippen LogP contribution in [0.25, 0.3) is 5.69 Å². The van der Waals surface area contributed by atoms with Crippen LogP contribution < -0.4 is 5.32 Å². The molecule has 31 heavy (non-hydrogen) atoms. The highest BCUT2D eigenvalue weighted by Gasteiger charge is 2.51. The van der Waals surface area contributed by atoms with Crippen molar-refractivity contribution in [2.45, 2.75) is 58.2 Å². The van der Waals surface area contributed by atoms with E-state index in [1.54, 1.807) is 20.8 Å². The van der Waals surface area contributed by atoms with Crippen LogP contribution in [0.2, 0.25) is 0 Å². The number of nitrogens with zero attached hydrogens (tertiary/aromatic N) is 4. The number of hydrogen-bond donors (Lipinski definition) is 1. The van der Waals surface area contributed by atoms with Gasteiger partial charge in [0, 0.05) is 12.6 Å². The summed E-state index contributed by atoms with van der Waals surface area (Å²) in [6, 6.07) is 3.89. The number of carbonyl (C=O) groups excluding carboxylic acids is 2. The zero-order chi connectivity index (χ0) is 22.3. The van der Waals surface area contributed by atoms with Gasteiger partial charge in [-0.1, -0.05) is 6.92 Å². The fourth-order valence-corrected chi connectivity index (χ4v) is 4.56. The van der Waals surface area contributed by atoms with Gasteiger partial charge >= 0.3 is 6.09 Å². The lowest BCUT2D eigenvalue weighted by atomic mass is 9.64. The molecule has 2 bridgehead atoms. The highest BCUT2D eigenvalue weighted by molar-refractivity contribution is 5.98. The maximum Gasteiger partial charge on any atom is 0.407 e. The van der Waals surface area contributed by atoms with E-state index in [2.05, 4.69) is 22.4 Å². The molecule has 2 saturated heterocycles. The van der Waals surface area contributed by atoms with Gasteiger partial charge in [-0.3, -0.25) is 4.79 Å². The highest BCUT2D eigenvalue weighted by atomic mass is 19.1. The number of benzene rings is 1. The fourth-order valence-electron chi connectivity index (χ4n) is 4.56. The maximum atomic E-state index is 14.1. The molecule has 2 aromatic rings. The molecule has 2 aliphatic heterocycles. The lowest BCUT2D eigenvalue weighted by Gasteiger charge is -2.57. The molecule has 3 fully saturated rings. The van der Waals surface area contributed by atoms with E-state index >= 15 is 0 Å². The van der Waals surface area contributed by atoms with E-state index in [-0.39, 0.29) is 36.0 Å². The Morgan fingerprint density at radius 2 is 1.90 bits per heavy atom. The Hall–Kier alpha value is -2.97. The molecular formula is C22H28FN5O3. The van der Waals surface area contributed by atoms with Gasteiger partial charge in [0.15, 0.2) is 0 Å². The monoisotopic (exact) mass is 429 g/mol. The number of fused-ring (bicyclic) bond motifs is 2. The number of halogens is 1. The Balaban J connectivity index is 1.60. The Morgan fingerprint density at radius 1 is 1.23 bits per heavy atom. The predicted molar refractivity (Wildman–Crippen MR) is 111 cm³/mol. The molecule has 1 aromatic heterocycles. The third-order valence-electron chi connectivity index (χ3n) is 6.16. The summed E-state index contributed by atoms with van der Waals surface area (Å²) in [5.41, 5.74) is 0.0213. The van der Waals surface area contributed by atoms with Crippen LogP contribution in [0.1, 0.15) is 50.9 Å². The lowest BCUT2D eigenvalue weighted by molar-refractivity contribution is -0.0544. The van der Waals surface area contributed by atoms with E-state index in [4.69, 9.17) is 4.74 Å². The maximum absolute atomic E-state index is 14.1. The van der Waals surface area contributed by atoms with Crippen molar-refractivity contribution in [3.05, 3.63) is 42.0 Å². The number of alkyl carbamates (subject to hydrolysis) is 1. The third-order valence-corrected chi connectivity index (χ3v) is 6.16. The molecule has 1 N–H and O–H groups in total. The van der Waals surface area contributed by atoms with Crippen LogP contribution in [0.15, 0.2) is 30.6 Å². The van der Waals surface area contributed by atoms with Gasteiger partial charge in [-0.05, 0) is 63.6 Å². The molecule has 3 aliphatic rings. The summed E-state index contributed by atoms with van der Waals surface area (Å²) >= 11 is 0. The first-order chi connectivity index (χ1) is 14.6. The second-order valence-corrected chi connectivity index (χ2v) is 9.39. The number of ether oxygens (including phenoxy) is 1. The summed E-state index contributed by atoms with van der Waals surface area (Å²) in [6.45, 7) is 7.78. The molecule has 9 heteroatoms. The molecule has 0 spiro atoms. The van der Waals surface area contributed by atoms with Crippen molar-refractivity contribution in [1.82, 2.24) is 25.2 Å². The first-order valence-electron chi connectivity index (χ1n) is 10.6. The van der Waals surface area contributed by atoms with Gasteiger partial charge in [-0.15, -0.1) is 0 Å². The van der Waals surface area contributed by atoms with Crippen LogP contribution in [-0.4, -0.2) is 56.1 Å². The van der Waals surface area contributed by atoms with Crippen molar-refractivity contribution in [1.29, 1.82) is 0 Å². The zero-order valence-corrected chi connectivity index (χ0v) is 18.2. The first kappa shape index (κ1) is 21.3. The number of nitrogens with one attached hydrogen (secondary N) is 1. The Bertz CT molecular complexity index is 966. The van der Waals surface area contributed by atoms with Gasteiger partial charge in [0.2, 0.25) is 0 Å². The third kappa shape index (κ3) is 4.26. The SMILES string of the molecule is C[C@@H]1C2CC(C2)N(C(=O)c2cc(F)ccc2-n2nccn2)C1CNC(=O)OC(C)(C)C. The van der Waals surface area contributed by atoms with Crippen molar-refractivity contribution in [2.75, 3.05) is 6.54 Å². The smallest absolute Gasteiger partial charge is 0.407 e. The molecule has 1 aromatic carbocycles. The minimum atomic E-state index is -0.604. The van der Waals surface area contributed by atoms with Gasteiger partial charge in [0.25, 0.3) is 5.91 Å². The van der Waals surface area contributed by atoms with E-state index in [1.165, 1.54) is 35.4 Å². The molecule has 0 radical (unpaired) electrons. The molecule has 1 unspecified atom stereocenters. The second kappa shape index (κ2) is 7.94. The second-order valence-electron chi connectivity index (χ2n) is 9.39. The fraction of sp³-hybridized carbons (Fsp3) is 0.545. The molecule has 3 heterocycles. The van der Waals surface area contributed by atoms with E-state index < -0.39 is 17.5 Å². The largest absolute Gasteiger partial charge is 0.444 e. The Labute approximate surface area is 180 Å².